The Morgan fingerprint density at radius 3 is 2.83 bits per heavy atom. The lowest BCUT2D eigenvalue weighted by molar-refractivity contribution is 0.0607. The molecule has 0 atom stereocenters. The standard InChI is InChI=1S/C21H18N4O3S/c1-28-21(27)19-15(17-9-11-23-25-17)12-14(29-19)8-10-22-20(26)18-7-6-13-4-2-3-5-16(13)24-18/h2-7,9,11-12H,8,10H2,1H3,(H,22,26)(H,23,25). The molecule has 8 heteroatoms. The second kappa shape index (κ2) is 8.24. The highest BCUT2D eigenvalue weighted by Crippen LogP contribution is 2.31. The molecule has 0 saturated carbocycles. The summed E-state index contributed by atoms with van der Waals surface area (Å²) < 4.78 is 4.88. The van der Waals surface area contributed by atoms with Gasteiger partial charge in [0.1, 0.15) is 10.6 Å². The lowest BCUT2D eigenvalue weighted by Crippen LogP contribution is -2.26. The summed E-state index contributed by atoms with van der Waals surface area (Å²) in [6, 6.07) is 15.0. The van der Waals surface area contributed by atoms with Gasteiger partial charge in [-0.05, 0) is 30.7 Å². The number of methoxy groups -OCH3 is 1. The van der Waals surface area contributed by atoms with Crippen molar-refractivity contribution in [1.29, 1.82) is 0 Å². The van der Waals surface area contributed by atoms with Crippen LogP contribution in [0.5, 0.6) is 0 Å². The SMILES string of the molecule is COC(=O)c1sc(CCNC(=O)c2ccc3ccccc3n2)cc1-c1cc[nH]n1. The number of aromatic nitrogens is 3. The molecule has 0 saturated heterocycles. The molecule has 1 amide bonds. The first kappa shape index (κ1) is 18.8. The van der Waals surface area contributed by atoms with Gasteiger partial charge in [-0.3, -0.25) is 9.89 Å². The van der Waals surface area contributed by atoms with Gasteiger partial charge in [0.2, 0.25) is 0 Å². The summed E-state index contributed by atoms with van der Waals surface area (Å²) in [6.07, 6.45) is 2.28. The molecule has 0 spiro atoms. The van der Waals surface area contributed by atoms with Crippen molar-refractivity contribution in [3.05, 3.63) is 70.2 Å². The number of benzene rings is 1. The van der Waals surface area contributed by atoms with Gasteiger partial charge in [0.05, 0.1) is 18.3 Å². The molecule has 0 bridgehead atoms. The van der Waals surface area contributed by atoms with Gasteiger partial charge >= 0.3 is 5.97 Å². The summed E-state index contributed by atoms with van der Waals surface area (Å²) in [5.74, 6) is -0.628. The zero-order chi connectivity index (χ0) is 20.2. The fourth-order valence-electron chi connectivity index (χ4n) is 2.99. The number of thiophene rings is 1. The zero-order valence-electron chi connectivity index (χ0n) is 15.6. The van der Waals surface area contributed by atoms with E-state index in [0.717, 1.165) is 21.3 Å². The first-order chi connectivity index (χ1) is 14.2. The third-order valence-electron chi connectivity index (χ3n) is 4.42. The highest BCUT2D eigenvalue weighted by Gasteiger charge is 2.19. The van der Waals surface area contributed by atoms with E-state index in [0.29, 0.717) is 29.2 Å². The number of carbonyl (C=O) groups excluding carboxylic acids is 2. The predicted molar refractivity (Wildman–Crippen MR) is 111 cm³/mol. The monoisotopic (exact) mass is 406 g/mol. The zero-order valence-corrected chi connectivity index (χ0v) is 16.5. The molecule has 29 heavy (non-hydrogen) atoms. The second-order valence-electron chi connectivity index (χ2n) is 6.30. The smallest absolute Gasteiger partial charge is 0.348 e. The van der Waals surface area contributed by atoms with Crippen molar-refractivity contribution in [3.63, 3.8) is 0 Å². The first-order valence-electron chi connectivity index (χ1n) is 9.01. The van der Waals surface area contributed by atoms with Crippen molar-refractivity contribution in [2.24, 2.45) is 0 Å². The average Bonchev–Trinajstić information content (AvgIpc) is 3.42. The Hall–Kier alpha value is -3.52. The number of H-pyrrole nitrogens is 1. The van der Waals surface area contributed by atoms with Crippen LogP contribution >= 0.6 is 11.3 Å². The lowest BCUT2D eigenvalue weighted by atomic mass is 10.1. The van der Waals surface area contributed by atoms with Crippen LogP contribution in [0, 0.1) is 0 Å². The minimum absolute atomic E-state index is 0.229. The minimum Gasteiger partial charge on any atom is -0.465 e. The average molecular weight is 406 g/mol. The molecule has 4 aromatic rings. The van der Waals surface area contributed by atoms with Crippen LogP contribution in [0.3, 0.4) is 0 Å². The number of pyridine rings is 1. The Balaban J connectivity index is 1.44. The molecule has 0 aliphatic carbocycles. The second-order valence-corrected chi connectivity index (χ2v) is 7.44. The molecule has 0 aliphatic rings. The molecular formula is C21H18N4O3S. The number of aromatic amines is 1. The van der Waals surface area contributed by atoms with E-state index in [9.17, 15) is 9.59 Å². The molecule has 4 rings (SSSR count). The van der Waals surface area contributed by atoms with E-state index in [1.54, 1.807) is 18.3 Å². The Labute approximate surface area is 170 Å². The van der Waals surface area contributed by atoms with Crippen LogP contribution in [-0.4, -0.2) is 40.7 Å². The highest BCUT2D eigenvalue weighted by molar-refractivity contribution is 7.14. The third kappa shape index (κ3) is 4.02. The van der Waals surface area contributed by atoms with E-state index in [4.69, 9.17) is 4.74 Å². The van der Waals surface area contributed by atoms with E-state index in [1.807, 2.05) is 36.4 Å². The number of amides is 1. The third-order valence-corrected chi connectivity index (χ3v) is 5.59. The summed E-state index contributed by atoms with van der Waals surface area (Å²) in [5.41, 5.74) is 2.56. The summed E-state index contributed by atoms with van der Waals surface area (Å²) in [5, 5.41) is 10.8. The molecule has 3 aromatic heterocycles. The first-order valence-corrected chi connectivity index (χ1v) is 9.82. The van der Waals surface area contributed by atoms with Gasteiger partial charge in [-0.2, -0.15) is 5.10 Å². The number of para-hydroxylation sites is 1. The Kier molecular flexibility index (Phi) is 5.35. The Morgan fingerprint density at radius 1 is 1.17 bits per heavy atom. The van der Waals surface area contributed by atoms with Crippen LogP contribution in [0.1, 0.15) is 25.0 Å². The molecule has 0 fully saturated rings. The van der Waals surface area contributed by atoms with Crippen LogP contribution < -0.4 is 5.32 Å². The minimum atomic E-state index is -0.399. The van der Waals surface area contributed by atoms with E-state index in [2.05, 4.69) is 20.5 Å². The number of nitrogens with zero attached hydrogens (tertiary/aromatic N) is 2. The number of rotatable bonds is 6. The fourth-order valence-corrected chi connectivity index (χ4v) is 4.08. The topological polar surface area (TPSA) is 97.0 Å². The van der Waals surface area contributed by atoms with Gasteiger partial charge in [0.25, 0.3) is 5.91 Å². The van der Waals surface area contributed by atoms with Crippen molar-refractivity contribution >= 4 is 34.1 Å². The van der Waals surface area contributed by atoms with Gasteiger partial charge < -0.3 is 10.1 Å². The molecule has 0 unspecified atom stereocenters. The summed E-state index contributed by atoms with van der Waals surface area (Å²) in [7, 11) is 1.35. The maximum Gasteiger partial charge on any atom is 0.348 e. The number of carbonyl (C=O) groups is 2. The molecule has 0 aliphatic heterocycles. The molecule has 0 radical (unpaired) electrons. The fraction of sp³-hybridized carbons (Fsp3) is 0.143. The molecule has 7 nitrogen and oxygen atoms in total. The summed E-state index contributed by atoms with van der Waals surface area (Å²) in [6.45, 7) is 0.425. The number of hydrogen-bond donors (Lipinski definition) is 2. The van der Waals surface area contributed by atoms with Crippen molar-refractivity contribution in [2.45, 2.75) is 6.42 Å². The van der Waals surface area contributed by atoms with Gasteiger partial charge in [0, 0.05) is 28.6 Å². The van der Waals surface area contributed by atoms with E-state index >= 15 is 0 Å². The molecule has 146 valence electrons. The van der Waals surface area contributed by atoms with Crippen LogP contribution in [0.25, 0.3) is 22.2 Å². The summed E-state index contributed by atoms with van der Waals surface area (Å²) >= 11 is 1.34. The Bertz CT molecular complexity index is 1170. The van der Waals surface area contributed by atoms with Gasteiger partial charge in [0.15, 0.2) is 0 Å². The molecular weight excluding hydrogens is 388 g/mol. The Morgan fingerprint density at radius 2 is 2.03 bits per heavy atom. The molecule has 1 aromatic carbocycles. The van der Waals surface area contributed by atoms with E-state index < -0.39 is 5.97 Å². The van der Waals surface area contributed by atoms with Crippen molar-refractivity contribution in [3.8, 4) is 11.3 Å². The number of ether oxygens (including phenoxy) is 1. The van der Waals surface area contributed by atoms with Crippen LogP contribution in [0.2, 0.25) is 0 Å². The number of esters is 1. The van der Waals surface area contributed by atoms with Crippen LogP contribution in [0.15, 0.2) is 54.7 Å². The normalized spacial score (nSPS) is 10.8. The lowest BCUT2D eigenvalue weighted by Gasteiger charge is -2.05. The summed E-state index contributed by atoms with van der Waals surface area (Å²) in [4.78, 5) is 30.4. The van der Waals surface area contributed by atoms with Crippen molar-refractivity contribution in [1.82, 2.24) is 20.5 Å². The van der Waals surface area contributed by atoms with Crippen molar-refractivity contribution in [2.75, 3.05) is 13.7 Å². The van der Waals surface area contributed by atoms with E-state index in [1.165, 1.54) is 18.4 Å². The number of fused-ring (bicyclic) bond motifs is 1. The molecule has 3 heterocycles. The van der Waals surface area contributed by atoms with E-state index in [-0.39, 0.29) is 5.91 Å². The highest BCUT2D eigenvalue weighted by atomic mass is 32.1. The maximum absolute atomic E-state index is 12.4. The van der Waals surface area contributed by atoms with Gasteiger partial charge in [-0.15, -0.1) is 11.3 Å². The maximum atomic E-state index is 12.4. The van der Waals surface area contributed by atoms with Gasteiger partial charge in [-0.1, -0.05) is 24.3 Å². The molecule has 2 N–H and O–H groups in total. The van der Waals surface area contributed by atoms with Gasteiger partial charge in [-0.25, -0.2) is 9.78 Å². The largest absolute Gasteiger partial charge is 0.465 e. The van der Waals surface area contributed by atoms with Crippen LogP contribution in [0.4, 0.5) is 0 Å². The number of nitrogens with one attached hydrogen (secondary N) is 2. The quantitative estimate of drug-likeness (QED) is 0.478. The van der Waals surface area contributed by atoms with Crippen LogP contribution in [-0.2, 0) is 11.2 Å². The predicted octanol–water partition coefficient (Wildman–Crippen LogP) is 3.45. The van der Waals surface area contributed by atoms with Crippen molar-refractivity contribution < 1.29 is 14.3 Å². The number of hydrogen-bond acceptors (Lipinski definition) is 6.